The first-order chi connectivity index (χ1) is 4.31. The van der Waals surface area contributed by atoms with E-state index in [2.05, 4.69) is 12.6 Å². The third kappa shape index (κ3) is 5.05. The largest absolute Gasteiger partial charge is 0.376 e. The number of nitriles is 1. The lowest BCUT2D eigenvalue weighted by Gasteiger charge is -1.99. The van der Waals surface area contributed by atoms with Gasteiger partial charge in [0, 0.05) is 0 Å². The fraction of sp³-hybridized carbons (Fsp3) is 0.571. The van der Waals surface area contributed by atoms with Gasteiger partial charge in [-0.1, -0.05) is 6.08 Å². The molecule has 1 atom stereocenters. The maximum Gasteiger partial charge on any atom is 0.0677 e. The molecule has 2 nitrogen and oxygen atoms in total. The molecule has 1 unspecified atom stereocenters. The summed E-state index contributed by atoms with van der Waals surface area (Å²) >= 11 is 0. The van der Waals surface area contributed by atoms with Crippen LogP contribution in [0.2, 0.25) is 0 Å². The molecule has 0 amide bonds. The maximum absolute atomic E-state index is 8.28. The van der Waals surface area contributed by atoms with Crippen LogP contribution in [0.5, 0.6) is 0 Å². The molecule has 0 saturated heterocycles. The summed E-state index contributed by atoms with van der Waals surface area (Å²) in [6.07, 6.45) is 1.67. The highest BCUT2D eigenvalue weighted by Gasteiger charge is 1.95. The summed E-state index contributed by atoms with van der Waals surface area (Å²) in [5.74, 6) is -0.00931. The zero-order valence-corrected chi connectivity index (χ0v) is 5.63. The molecule has 0 bridgehead atoms. The van der Waals surface area contributed by atoms with Crippen molar-refractivity contribution in [3.63, 3.8) is 0 Å². The Bertz CT molecular complexity index is 115. The lowest BCUT2D eigenvalue weighted by molar-refractivity contribution is 0.145. The van der Waals surface area contributed by atoms with Gasteiger partial charge in [-0.05, 0) is 6.92 Å². The molecular weight excluding hydrogens is 114 g/mol. The van der Waals surface area contributed by atoms with Crippen molar-refractivity contribution in [3.05, 3.63) is 12.7 Å². The molecule has 0 aliphatic rings. The van der Waals surface area contributed by atoms with Crippen molar-refractivity contribution in [1.29, 1.82) is 5.26 Å². The van der Waals surface area contributed by atoms with Gasteiger partial charge in [0.25, 0.3) is 0 Å². The Labute approximate surface area is 55.7 Å². The predicted octanol–water partition coefficient (Wildman–Crippen LogP) is 1.35. The second-order valence-electron chi connectivity index (χ2n) is 1.86. The maximum atomic E-state index is 8.28. The second-order valence-corrected chi connectivity index (χ2v) is 1.86. The van der Waals surface area contributed by atoms with E-state index in [1.165, 1.54) is 0 Å². The van der Waals surface area contributed by atoms with Crippen molar-refractivity contribution >= 4 is 0 Å². The van der Waals surface area contributed by atoms with Crippen LogP contribution in [0.3, 0.4) is 0 Å². The van der Waals surface area contributed by atoms with Crippen molar-refractivity contribution in [2.75, 3.05) is 13.2 Å². The Morgan fingerprint density at radius 2 is 2.56 bits per heavy atom. The molecule has 0 rings (SSSR count). The van der Waals surface area contributed by atoms with Gasteiger partial charge in [0.15, 0.2) is 0 Å². The molecule has 0 aromatic heterocycles. The number of hydrogen-bond acceptors (Lipinski definition) is 2. The summed E-state index contributed by atoms with van der Waals surface area (Å²) in [5.41, 5.74) is 0. The Morgan fingerprint density at radius 3 is 3.00 bits per heavy atom. The Hall–Kier alpha value is -0.810. The zero-order chi connectivity index (χ0) is 7.11. The van der Waals surface area contributed by atoms with Crippen LogP contribution in [0.4, 0.5) is 0 Å². The van der Waals surface area contributed by atoms with Crippen LogP contribution in [0.15, 0.2) is 12.7 Å². The van der Waals surface area contributed by atoms with Gasteiger partial charge < -0.3 is 4.74 Å². The van der Waals surface area contributed by atoms with Crippen LogP contribution in [0.25, 0.3) is 0 Å². The summed E-state index contributed by atoms with van der Waals surface area (Å²) in [7, 11) is 0. The lowest BCUT2D eigenvalue weighted by atomic mass is 10.2. The van der Waals surface area contributed by atoms with E-state index in [-0.39, 0.29) is 5.92 Å². The van der Waals surface area contributed by atoms with E-state index >= 15 is 0 Å². The minimum atomic E-state index is -0.00931. The molecule has 0 heterocycles. The topological polar surface area (TPSA) is 33.0 Å². The van der Waals surface area contributed by atoms with E-state index in [0.29, 0.717) is 13.2 Å². The van der Waals surface area contributed by atoms with E-state index < -0.39 is 0 Å². The molecule has 0 saturated carbocycles. The summed E-state index contributed by atoms with van der Waals surface area (Å²) in [6.45, 7) is 6.33. The van der Waals surface area contributed by atoms with Crippen LogP contribution in [-0.4, -0.2) is 13.2 Å². The quantitative estimate of drug-likeness (QED) is 0.419. The summed E-state index contributed by atoms with van der Waals surface area (Å²) < 4.78 is 4.99. The van der Waals surface area contributed by atoms with Gasteiger partial charge in [-0.2, -0.15) is 5.26 Å². The lowest BCUT2D eigenvalue weighted by Crippen LogP contribution is -2.02. The van der Waals surface area contributed by atoms with Crippen LogP contribution in [-0.2, 0) is 4.74 Å². The number of rotatable bonds is 4. The molecule has 0 N–H and O–H groups in total. The monoisotopic (exact) mass is 125 g/mol. The number of ether oxygens (including phenoxy) is 1. The fourth-order valence-electron chi connectivity index (χ4n) is 0.365. The van der Waals surface area contributed by atoms with Gasteiger partial charge in [0.2, 0.25) is 0 Å². The first-order valence-corrected chi connectivity index (χ1v) is 2.89. The highest BCUT2D eigenvalue weighted by molar-refractivity contribution is 4.78. The third-order valence-corrected chi connectivity index (χ3v) is 0.824. The Balaban J connectivity index is 3.08. The average molecular weight is 125 g/mol. The fourth-order valence-corrected chi connectivity index (χ4v) is 0.365. The average Bonchev–Trinajstić information content (AvgIpc) is 1.89. The van der Waals surface area contributed by atoms with Crippen LogP contribution in [0, 0.1) is 17.2 Å². The van der Waals surface area contributed by atoms with Gasteiger partial charge >= 0.3 is 0 Å². The SMILES string of the molecule is C=CCOCC(C)C#N. The molecule has 0 aliphatic carbocycles. The summed E-state index contributed by atoms with van der Waals surface area (Å²) in [6, 6.07) is 2.06. The Morgan fingerprint density at radius 1 is 1.89 bits per heavy atom. The number of nitrogens with zero attached hydrogens (tertiary/aromatic N) is 1. The van der Waals surface area contributed by atoms with Gasteiger partial charge in [-0.25, -0.2) is 0 Å². The van der Waals surface area contributed by atoms with Crippen molar-refractivity contribution in [1.82, 2.24) is 0 Å². The van der Waals surface area contributed by atoms with Gasteiger partial charge in [-0.3, -0.25) is 0 Å². The molecular formula is C7H11NO. The summed E-state index contributed by atoms with van der Waals surface area (Å²) in [5, 5.41) is 8.28. The molecule has 0 aromatic rings. The molecule has 0 fully saturated rings. The van der Waals surface area contributed by atoms with Crippen molar-refractivity contribution in [2.24, 2.45) is 5.92 Å². The number of hydrogen-bond donors (Lipinski definition) is 0. The normalized spacial score (nSPS) is 12.0. The van der Waals surface area contributed by atoms with Crippen LogP contribution in [0.1, 0.15) is 6.92 Å². The third-order valence-electron chi connectivity index (χ3n) is 0.824. The molecule has 50 valence electrons. The van der Waals surface area contributed by atoms with Crippen molar-refractivity contribution in [2.45, 2.75) is 6.92 Å². The molecule has 0 aliphatic heterocycles. The standard InChI is InChI=1S/C7H11NO/c1-3-4-9-6-7(2)5-8/h3,7H,1,4,6H2,2H3. The molecule has 0 radical (unpaired) electrons. The van der Waals surface area contributed by atoms with E-state index in [9.17, 15) is 0 Å². The van der Waals surface area contributed by atoms with E-state index in [1.807, 2.05) is 6.92 Å². The van der Waals surface area contributed by atoms with Crippen LogP contribution < -0.4 is 0 Å². The van der Waals surface area contributed by atoms with E-state index in [0.717, 1.165) is 0 Å². The van der Waals surface area contributed by atoms with Crippen LogP contribution >= 0.6 is 0 Å². The smallest absolute Gasteiger partial charge is 0.0677 e. The van der Waals surface area contributed by atoms with Gasteiger partial charge in [0.05, 0.1) is 25.2 Å². The minimum absolute atomic E-state index is 0.00931. The van der Waals surface area contributed by atoms with Crippen molar-refractivity contribution < 1.29 is 4.74 Å². The molecule has 2 heteroatoms. The Kier molecular flexibility index (Phi) is 4.85. The highest BCUT2D eigenvalue weighted by Crippen LogP contribution is 1.91. The van der Waals surface area contributed by atoms with E-state index in [1.54, 1.807) is 6.08 Å². The molecule has 9 heavy (non-hydrogen) atoms. The van der Waals surface area contributed by atoms with Gasteiger partial charge in [-0.15, -0.1) is 6.58 Å². The first kappa shape index (κ1) is 8.19. The molecule has 0 spiro atoms. The molecule has 0 aromatic carbocycles. The zero-order valence-electron chi connectivity index (χ0n) is 5.63. The van der Waals surface area contributed by atoms with Crippen molar-refractivity contribution in [3.8, 4) is 6.07 Å². The van der Waals surface area contributed by atoms with Gasteiger partial charge in [0.1, 0.15) is 0 Å². The second kappa shape index (κ2) is 5.33. The highest BCUT2D eigenvalue weighted by atomic mass is 16.5. The summed E-state index contributed by atoms with van der Waals surface area (Å²) in [4.78, 5) is 0. The predicted molar refractivity (Wildman–Crippen MR) is 35.8 cm³/mol. The minimum Gasteiger partial charge on any atom is -0.376 e. The first-order valence-electron chi connectivity index (χ1n) is 2.89. The van der Waals surface area contributed by atoms with E-state index in [4.69, 9.17) is 10.00 Å².